The summed E-state index contributed by atoms with van der Waals surface area (Å²) >= 11 is 0. The second-order valence-corrected chi connectivity index (χ2v) is 2.88. The summed E-state index contributed by atoms with van der Waals surface area (Å²) in [7, 11) is 3.72. The van der Waals surface area contributed by atoms with Gasteiger partial charge in [0.2, 0.25) is 11.9 Å². The summed E-state index contributed by atoms with van der Waals surface area (Å²) in [6.45, 7) is 0. The standard InChI is InChI=1S/C8H10N6/c1-13-5-3-9-7(13)11-12-8-10-4-6-14(8)2/h3-6H,1-2H3/b12-11+. The van der Waals surface area contributed by atoms with Crippen molar-refractivity contribution >= 4 is 11.9 Å². The lowest BCUT2D eigenvalue weighted by Gasteiger charge is -1.93. The lowest BCUT2D eigenvalue weighted by molar-refractivity contribution is 0.861. The van der Waals surface area contributed by atoms with E-state index < -0.39 is 0 Å². The van der Waals surface area contributed by atoms with Crippen LogP contribution in [-0.4, -0.2) is 19.1 Å². The molecule has 6 nitrogen and oxygen atoms in total. The van der Waals surface area contributed by atoms with Gasteiger partial charge in [-0.05, 0) is 0 Å². The maximum absolute atomic E-state index is 4.01. The minimum Gasteiger partial charge on any atom is -0.317 e. The highest BCUT2D eigenvalue weighted by Crippen LogP contribution is 2.12. The molecular weight excluding hydrogens is 180 g/mol. The van der Waals surface area contributed by atoms with E-state index in [2.05, 4.69) is 20.2 Å². The fourth-order valence-electron chi connectivity index (χ4n) is 0.998. The summed E-state index contributed by atoms with van der Waals surface area (Å²) in [5.41, 5.74) is 0. The number of nitrogens with zero attached hydrogens (tertiary/aromatic N) is 6. The molecule has 0 radical (unpaired) electrons. The average Bonchev–Trinajstić information content (AvgIpc) is 2.72. The van der Waals surface area contributed by atoms with Crippen molar-refractivity contribution in [2.24, 2.45) is 24.3 Å². The quantitative estimate of drug-likeness (QED) is 0.675. The molecule has 0 saturated heterocycles. The zero-order valence-corrected chi connectivity index (χ0v) is 7.99. The van der Waals surface area contributed by atoms with E-state index in [1.165, 1.54) is 0 Å². The summed E-state index contributed by atoms with van der Waals surface area (Å²) in [4.78, 5) is 8.02. The van der Waals surface area contributed by atoms with Gasteiger partial charge in [-0.1, -0.05) is 0 Å². The van der Waals surface area contributed by atoms with Crippen molar-refractivity contribution in [3.8, 4) is 0 Å². The van der Waals surface area contributed by atoms with E-state index in [9.17, 15) is 0 Å². The Balaban J connectivity index is 2.23. The zero-order valence-electron chi connectivity index (χ0n) is 7.99. The number of azo groups is 1. The SMILES string of the molecule is Cn1ccnc1/N=N/c1nccn1C. The van der Waals surface area contributed by atoms with Crippen LogP contribution in [0.4, 0.5) is 11.9 Å². The molecule has 0 N–H and O–H groups in total. The second kappa shape index (κ2) is 3.41. The van der Waals surface area contributed by atoms with Crippen LogP contribution in [0.15, 0.2) is 35.0 Å². The van der Waals surface area contributed by atoms with Crippen molar-refractivity contribution in [3.05, 3.63) is 24.8 Å². The van der Waals surface area contributed by atoms with Gasteiger partial charge < -0.3 is 9.13 Å². The molecule has 0 fully saturated rings. The van der Waals surface area contributed by atoms with Gasteiger partial charge in [-0.3, -0.25) is 0 Å². The molecule has 0 atom stereocenters. The fourth-order valence-corrected chi connectivity index (χ4v) is 0.998. The predicted octanol–water partition coefficient (Wildman–Crippen LogP) is 1.57. The highest BCUT2D eigenvalue weighted by atomic mass is 15.3. The van der Waals surface area contributed by atoms with Gasteiger partial charge in [0.25, 0.3) is 0 Å². The van der Waals surface area contributed by atoms with Crippen LogP contribution >= 0.6 is 0 Å². The first kappa shape index (κ1) is 8.61. The Morgan fingerprint density at radius 3 is 1.64 bits per heavy atom. The van der Waals surface area contributed by atoms with Crippen LogP contribution < -0.4 is 0 Å². The Morgan fingerprint density at radius 1 is 0.929 bits per heavy atom. The summed E-state index contributed by atoms with van der Waals surface area (Å²) in [5.74, 6) is 1.13. The van der Waals surface area contributed by atoms with Crippen LogP contribution in [0, 0.1) is 0 Å². The minimum absolute atomic E-state index is 0.563. The number of rotatable bonds is 2. The van der Waals surface area contributed by atoms with Crippen molar-refractivity contribution in [2.75, 3.05) is 0 Å². The molecule has 0 bridgehead atoms. The van der Waals surface area contributed by atoms with Crippen LogP contribution in [0.3, 0.4) is 0 Å². The molecule has 2 rings (SSSR count). The smallest absolute Gasteiger partial charge is 0.249 e. The highest BCUT2D eigenvalue weighted by Gasteiger charge is 1.97. The molecule has 72 valence electrons. The molecule has 0 aliphatic heterocycles. The van der Waals surface area contributed by atoms with E-state index in [4.69, 9.17) is 0 Å². The Hall–Kier alpha value is -1.98. The van der Waals surface area contributed by atoms with Crippen LogP contribution in [0.1, 0.15) is 0 Å². The molecule has 0 saturated carbocycles. The first-order chi connectivity index (χ1) is 6.77. The Labute approximate surface area is 80.9 Å². The van der Waals surface area contributed by atoms with Crippen LogP contribution in [0.25, 0.3) is 0 Å². The third-order valence-electron chi connectivity index (χ3n) is 1.82. The zero-order chi connectivity index (χ0) is 9.97. The summed E-state index contributed by atoms with van der Waals surface area (Å²) in [6.07, 6.45) is 6.97. The lowest BCUT2D eigenvalue weighted by atomic mass is 10.9. The molecule has 2 heterocycles. The van der Waals surface area contributed by atoms with E-state index in [1.807, 2.05) is 26.5 Å². The van der Waals surface area contributed by atoms with E-state index in [0.29, 0.717) is 11.9 Å². The van der Waals surface area contributed by atoms with Crippen molar-refractivity contribution < 1.29 is 0 Å². The Kier molecular flexibility index (Phi) is 2.10. The summed E-state index contributed by atoms with van der Waals surface area (Å²) < 4.78 is 3.57. The second-order valence-electron chi connectivity index (χ2n) is 2.88. The molecule has 0 unspecified atom stereocenters. The molecule has 0 aliphatic carbocycles. The molecule has 0 spiro atoms. The molecule has 2 aromatic rings. The first-order valence-electron chi connectivity index (χ1n) is 4.14. The molecular formula is C8H10N6. The van der Waals surface area contributed by atoms with E-state index in [1.54, 1.807) is 21.5 Å². The Morgan fingerprint density at radius 2 is 1.36 bits per heavy atom. The van der Waals surface area contributed by atoms with Crippen molar-refractivity contribution in [3.63, 3.8) is 0 Å². The van der Waals surface area contributed by atoms with Gasteiger partial charge >= 0.3 is 0 Å². The van der Waals surface area contributed by atoms with Gasteiger partial charge in [-0.2, -0.15) is 0 Å². The van der Waals surface area contributed by atoms with Crippen molar-refractivity contribution in [2.45, 2.75) is 0 Å². The molecule has 6 heteroatoms. The molecule has 2 aromatic heterocycles. The average molecular weight is 190 g/mol. The summed E-state index contributed by atoms with van der Waals surface area (Å²) in [5, 5.41) is 7.93. The number of aromatic nitrogens is 4. The number of hydrogen-bond acceptors (Lipinski definition) is 4. The topological polar surface area (TPSA) is 60.4 Å². The van der Waals surface area contributed by atoms with Gasteiger partial charge in [-0.15, -0.1) is 10.2 Å². The van der Waals surface area contributed by atoms with Gasteiger partial charge in [0.1, 0.15) is 0 Å². The van der Waals surface area contributed by atoms with Crippen LogP contribution in [0.2, 0.25) is 0 Å². The molecule has 14 heavy (non-hydrogen) atoms. The van der Waals surface area contributed by atoms with Gasteiger partial charge in [-0.25, -0.2) is 9.97 Å². The lowest BCUT2D eigenvalue weighted by Crippen LogP contribution is -1.84. The van der Waals surface area contributed by atoms with E-state index in [0.717, 1.165) is 0 Å². The highest BCUT2D eigenvalue weighted by molar-refractivity contribution is 5.19. The van der Waals surface area contributed by atoms with E-state index >= 15 is 0 Å². The van der Waals surface area contributed by atoms with Crippen molar-refractivity contribution in [1.82, 2.24) is 19.1 Å². The largest absolute Gasteiger partial charge is 0.317 e. The molecule has 0 aromatic carbocycles. The third-order valence-corrected chi connectivity index (χ3v) is 1.82. The molecule has 0 aliphatic rings. The maximum atomic E-state index is 4.01. The van der Waals surface area contributed by atoms with Crippen LogP contribution in [-0.2, 0) is 14.1 Å². The van der Waals surface area contributed by atoms with E-state index in [-0.39, 0.29) is 0 Å². The first-order valence-corrected chi connectivity index (χ1v) is 4.14. The predicted molar refractivity (Wildman–Crippen MR) is 50.6 cm³/mol. The summed E-state index contributed by atoms with van der Waals surface area (Å²) in [6, 6.07) is 0. The van der Waals surface area contributed by atoms with Gasteiger partial charge in [0, 0.05) is 38.9 Å². The number of hydrogen-bond donors (Lipinski definition) is 0. The minimum atomic E-state index is 0.563. The maximum Gasteiger partial charge on any atom is 0.249 e. The van der Waals surface area contributed by atoms with Gasteiger partial charge in [0.05, 0.1) is 0 Å². The Bertz CT molecular complexity index is 410. The monoisotopic (exact) mass is 190 g/mol. The number of imidazole rings is 2. The normalized spacial score (nSPS) is 11.3. The third kappa shape index (κ3) is 1.54. The fraction of sp³-hybridized carbons (Fsp3) is 0.250. The number of aryl methyl sites for hydroxylation is 2. The van der Waals surface area contributed by atoms with Crippen molar-refractivity contribution in [1.29, 1.82) is 0 Å². The van der Waals surface area contributed by atoms with Crippen LogP contribution in [0.5, 0.6) is 0 Å². The molecule has 0 amide bonds. The van der Waals surface area contributed by atoms with Gasteiger partial charge in [0.15, 0.2) is 0 Å².